The van der Waals surface area contributed by atoms with Gasteiger partial charge >= 0.3 is 5.97 Å². The highest BCUT2D eigenvalue weighted by molar-refractivity contribution is 5.75. The van der Waals surface area contributed by atoms with E-state index in [2.05, 4.69) is 6.92 Å². The third-order valence-corrected chi connectivity index (χ3v) is 4.44. The number of aliphatic carboxylic acids is 1. The Hall–Kier alpha value is -1.45. The molecule has 110 valence electrons. The lowest BCUT2D eigenvalue weighted by Crippen LogP contribution is -2.38. The summed E-state index contributed by atoms with van der Waals surface area (Å²) in [5.41, 5.74) is -0.444. The molecule has 0 heterocycles. The summed E-state index contributed by atoms with van der Waals surface area (Å²) in [4.78, 5) is 11.7. The van der Waals surface area contributed by atoms with E-state index in [1.54, 1.807) is 0 Å². The highest BCUT2D eigenvalue weighted by atomic mass is 19.1. The molecule has 1 aromatic carbocycles. The van der Waals surface area contributed by atoms with E-state index in [9.17, 15) is 18.7 Å². The van der Waals surface area contributed by atoms with Crippen molar-refractivity contribution in [3.63, 3.8) is 0 Å². The van der Waals surface area contributed by atoms with Crippen LogP contribution in [-0.4, -0.2) is 11.1 Å². The monoisotopic (exact) mass is 282 g/mol. The smallest absolute Gasteiger partial charge is 0.309 e. The number of hydrogen-bond acceptors (Lipinski definition) is 1. The molecule has 2 unspecified atom stereocenters. The molecule has 0 spiro atoms. The molecular formula is C16H20F2O2. The summed E-state index contributed by atoms with van der Waals surface area (Å²) in [7, 11) is 0. The second kappa shape index (κ2) is 5.90. The van der Waals surface area contributed by atoms with Gasteiger partial charge in [-0.1, -0.05) is 26.2 Å². The minimum absolute atomic E-state index is 0.202. The maximum Gasteiger partial charge on any atom is 0.309 e. The normalized spacial score (nSPS) is 26.4. The molecule has 1 aromatic rings. The number of rotatable bonds is 4. The van der Waals surface area contributed by atoms with Crippen molar-refractivity contribution < 1.29 is 18.7 Å². The number of halogens is 2. The largest absolute Gasteiger partial charge is 0.481 e. The van der Waals surface area contributed by atoms with Crippen LogP contribution in [0.25, 0.3) is 0 Å². The van der Waals surface area contributed by atoms with Crippen molar-refractivity contribution in [1.29, 1.82) is 0 Å². The fraction of sp³-hybridized carbons (Fsp3) is 0.562. The average Bonchev–Trinajstić information content (AvgIpc) is 2.37. The minimum Gasteiger partial charge on any atom is -0.481 e. The zero-order chi connectivity index (χ0) is 14.8. The molecule has 0 saturated heterocycles. The predicted molar refractivity (Wildman–Crippen MR) is 72.4 cm³/mol. The van der Waals surface area contributed by atoms with Crippen LogP contribution in [0.15, 0.2) is 18.2 Å². The Morgan fingerprint density at radius 1 is 1.35 bits per heavy atom. The third-order valence-electron chi connectivity index (χ3n) is 4.44. The van der Waals surface area contributed by atoms with Gasteiger partial charge in [-0.15, -0.1) is 0 Å². The Kier molecular flexibility index (Phi) is 4.41. The highest BCUT2D eigenvalue weighted by Gasteiger charge is 2.42. The first-order valence-corrected chi connectivity index (χ1v) is 7.13. The topological polar surface area (TPSA) is 37.3 Å². The Labute approximate surface area is 117 Å². The van der Waals surface area contributed by atoms with E-state index in [4.69, 9.17) is 0 Å². The molecule has 1 fully saturated rings. The van der Waals surface area contributed by atoms with E-state index in [1.807, 2.05) is 0 Å². The zero-order valence-electron chi connectivity index (χ0n) is 11.7. The van der Waals surface area contributed by atoms with Crippen molar-refractivity contribution in [2.24, 2.45) is 11.3 Å². The molecule has 1 saturated carbocycles. The van der Waals surface area contributed by atoms with Crippen molar-refractivity contribution >= 4 is 5.97 Å². The van der Waals surface area contributed by atoms with E-state index in [0.717, 1.165) is 25.3 Å². The van der Waals surface area contributed by atoms with Gasteiger partial charge in [-0.3, -0.25) is 4.79 Å². The molecule has 2 nitrogen and oxygen atoms in total. The number of carboxylic acid groups (broad SMARTS) is 1. The molecule has 20 heavy (non-hydrogen) atoms. The van der Waals surface area contributed by atoms with Crippen LogP contribution in [0.2, 0.25) is 0 Å². The molecule has 1 aliphatic rings. The molecular weight excluding hydrogens is 262 g/mol. The van der Waals surface area contributed by atoms with Crippen LogP contribution in [0.1, 0.15) is 44.6 Å². The van der Waals surface area contributed by atoms with Crippen LogP contribution in [0.4, 0.5) is 8.78 Å². The molecule has 0 radical (unpaired) electrons. The third kappa shape index (κ3) is 3.17. The van der Waals surface area contributed by atoms with Crippen molar-refractivity contribution in [2.75, 3.05) is 0 Å². The lowest BCUT2D eigenvalue weighted by atomic mass is 9.66. The number of carboxylic acids is 1. The maximum absolute atomic E-state index is 13.3. The second-order valence-electron chi connectivity index (χ2n) is 5.91. The molecule has 4 heteroatoms. The number of hydrogen-bond donors (Lipinski definition) is 1. The zero-order valence-corrected chi connectivity index (χ0v) is 11.7. The van der Waals surface area contributed by atoms with Gasteiger partial charge < -0.3 is 5.11 Å². The summed E-state index contributed by atoms with van der Waals surface area (Å²) in [5.74, 6) is -1.76. The van der Waals surface area contributed by atoms with Crippen LogP contribution in [0.5, 0.6) is 0 Å². The van der Waals surface area contributed by atoms with Crippen molar-refractivity contribution in [1.82, 2.24) is 0 Å². The molecule has 0 amide bonds. The van der Waals surface area contributed by atoms with Gasteiger partial charge in [0, 0.05) is 6.07 Å². The lowest BCUT2D eigenvalue weighted by Gasteiger charge is -2.37. The lowest BCUT2D eigenvalue weighted by molar-refractivity contribution is -0.152. The summed E-state index contributed by atoms with van der Waals surface area (Å²) >= 11 is 0. The Balaban J connectivity index is 2.27. The molecule has 2 rings (SSSR count). The summed E-state index contributed by atoms with van der Waals surface area (Å²) in [6.45, 7) is 2.06. The van der Waals surface area contributed by atoms with Gasteiger partial charge in [0.25, 0.3) is 0 Å². The van der Waals surface area contributed by atoms with Gasteiger partial charge in [-0.25, -0.2) is 8.78 Å². The van der Waals surface area contributed by atoms with E-state index in [0.29, 0.717) is 24.3 Å². The fourth-order valence-corrected chi connectivity index (χ4v) is 3.37. The van der Waals surface area contributed by atoms with Gasteiger partial charge in [0.05, 0.1) is 5.41 Å². The molecule has 1 N–H and O–H groups in total. The minimum atomic E-state index is -0.876. The summed E-state index contributed by atoms with van der Waals surface area (Å²) in [6.07, 6.45) is 4.24. The average molecular weight is 282 g/mol. The van der Waals surface area contributed by atoms with Crippen molar-refractivity contribution in [3.05, 3.63) is 35.4 Å². The first-order valence-electron chi connectivity index (χ1n) is 7.13. The number of benzene rings is 1. The Bertz CT molecular complexity index is 481. The maximum atomic E-state index is 13.3. The first kappa shape index (κ1) is 14.9. The quantitative estimate of drug-likeness (QED) is 0.899. The van der Waals surface area contributed by atoms with Gasteiger partial charge in [0.1, 0.15) is 11.6 Å². The van der Waals surface area contributed by atoms with E-state index in [-0.39, 0.29) is 6.42 Å². The number of carbonyl (C=O) groups is 1. The summed E-state index contributed by atoms with van der Waals surface area (Å²) < 4.78 is 26.5. The highest BCUT2D eigenvalue weighted by Crippen LogP contribution is 2.43. The predicted octanol–water partition coefficient (Wildman–Crippen LogP) is 4.18. The van der Waals surface area contributed by atoms with Gasteiger partial charge in [-0.2, -0.15) is 0 Å². The van der Waals surface area contributed by atoms with Crippen LogP contribution < -0.4 is 0 Å². The molecule has 0 bridgehead atoms. The van der Waals surface area contributed by atoms with Crippen molar-refractivity contribution in [3.8, 4) is 0 Å². The van der Waals surface area contributed by atoms with Gasteiger partial charge in [-0.05, 0) is 42.9 Å². The van der Waals surface area contributed by atoms with Gasteiger partial charge in [0.2, 0.25) is 0 Å². The standard InChI is InChI=1S/C16H20F2O2/c1-2-11-4-3-5-16(9-11,15(19)20)10-12-6-13(17)8-14(18)7-12/h6-8,11H,2-5,9-10H2,1H3,(H,19,20). The van der Waals surface area contributed by atoms with E-state index in [1.165, 1.54) is 12.1 Å². The molecule has 0 aromatic heterocycles. The van der Waals surface area contributed by atoms with Crippen LogP contribution in [0, 0.1) is 23.0 Å². The van der Waals surface area contributed by atoms with Crippen LogP contribution in [0.3, 0.4) is 0 Å². The van der Waals surface area contributed by atoms with E-state index < -0.39 is 23.0 Å². The molecule has 2 atom stereocenters. The van der Waals surface area contributed by atoms with Crippen LogP contribution in [-0.2, 0) is 11.2 Å². The van der Waals surface area contributed by atoms with Crippen LogP contribution >= 0.6 is 0 Å². The van der Waals surface area contributed by atoms with Gasteiger partial charge in [0.15, 0.2) is 0 Å². The molecule has 0 aliphatic heterocycles. The Morgan fingerprint density at radius 2 is 2.00 bits per heavy atom. The second-order valence-corrected chi connectivity index (χ2v) is 5.91. The van der Waals surface area contributed by atoms with Crippen molar-refractivity contribution in [2.45, 2.75) is 45.4 Å². The SMILES string of the molecule is CCC1CCCC(Cc2cc(F)cc(F)c2)(C(=O)O)C1. The first-order chi connectivity index (χ1) is 9.45. The van der Waals surface area contributed by atoms with E-state index >= 15 is 0 Å². The summed E-state index contributed by atoms with van der Waals surface area (Å²) in [5, 5.41) is 9.61. The summed E-state index contributed by atoms with van der Waals surface area (Å²) in [6, 6.07) is 3.29. The fourth-order valence-electron chi connectivity index (χ4n) is 3.37. The molecule has 1 aliphatic carbocycles. The Morgan fingerprint density at radius 3 is 2.55 bits per heavy atom.